The Morgan fingerprint density at radius 2 is 2.24 bits per heavy atom. The van der Waals surface area contributed by atoms with Crippen molar-refractivity contribution < 1.29 is 9.47 Å². The van der Waals surface area contributed by atoms with Crippen molar-refractivity contribution in [1.82, 2.24) is 15.2 Å². The van der Waals surface area contributed by atoms with Crippen LogP contribution in [0.15, 0.2) is 29.1 Å². The number of H-pyrrole nitrogens is 1. The molecule has 1 aromatic carbocycles. The molecule has 1 aliphatic heterocycles. The predicted molar refractivity (Wildman–Crippen MR) is 121 cm³/mol. The number of hydrogen-bond acceptors (Lipinski definition) is 4. The predicted octanol–water partition coefficient (Wildman–Crippen LogP) is 3.44. The molecular formula is C22H31N3O3S. The Hall–Kier alpha value is -2.12. The summed E-state index contributed by atoms with van der Waals surface area (Å²) in [7, 11) is 0. The number of nitrogens with zero attached hydrogens (tertiary/aromatic N) is 1. The maximum atomic E-state index is 12.7. The van der Waals surface area contributed by atoms with Gasteiger partial charge in [0.25, 0.3) is 5.56 Å². The van der Waals surface area contributed by atoms with Gasteiger partial charge < -0.3 is 24.7 Å². The Morgan fingerprint density at radius 3 is 2.93 bits per heavy atom. The first kappa shape index (κ1) is 21.6. The lowest BCUT2D eigenvalue weighted by molar-refractivity contribution is 0.0896. The summed E-state index contributed by atoms with van der Waals surface area (Å²) in [6.45, 7) is 9.56. The summed E-state index contributed by atoms with van der Waals surface area (Å²) < 4.78 is 11.4. The van der Waals surface area contributed by atoms with E-state index >= 15 is 0 Å². The number of benzene rings is 1. The average molecular weight is 418 g/mol. The zero-order valence-electron chi connectivity index (χ0n) is 17.5. The van der Waals surface area contributed by atoms with Gasteiger partial charge in [0.1, 0.15) is 5.75 Å². The van der Waals surface area contributed by atoms with Crippen LogP contribution < -0.4 is 15.6 Å². The lowest BCUT2D eigenvalue weighted by atomic mass is 10.1. The van der Waals surface area contributed by atoms with Crippen molar-refractivity contribution in [3.8, 4) is 5.75 Å². The molecule has 6 nitrogen and oxygen atoms in total. The number of fused-ring (bicyclic) bond motifs is 1. The summed E-state index contributed by atoms with van der Waals surface area (Å²) in [5, 5.41) is 4.94. The lowest BCUT2D eigenvalue weighted by Gasteiger charge is -2.28. The second kappa shape index (κ2) is 10.1. The summed E-state index contributed by atoms with van der Waals surface area (Å²) in [5.74, 6) is 1.28. The molecule has 0 bridgehead atoms. The molecule has 158 valence electrons. The van der Waals surface area contributed by atoms with Crippen molar-refractivity contribution in [1.29, 1.82) is 0 Å². The van der Waals surface area contributed by atoms with Crippen LogP contribution in [0.1, 0.15) is 39.2 Å². The molecule has 2 N–H and O–H groups in total. The molecule has 2 aromatic rings. The molecule has 29 heavy (non-hydrogen) atoms. The first-order valence-corrected chi connectivity index (χ1v) is 10.8. The van der Waals surface area contributed by atoms with Crippen LogP contribution in [0.2, 0.25) is 0 Å². The van der Waals surface area contributed by atoms with E-state index in [-0.39, 0.29) is 11.7 Å². The summed E-state index contributed by atoms with van der Waals surface area (Å²) >= 11 is 5.65. The molecular weight excluding hydrogens is 386 g/mol. The van der Waals surface area contributed by atoms with Crippen molar-refractivity contribution in [2.45, 2.75) is 46.3 Å². The molecule has 0 aliphatic carbocycles. The fraction of sp³-hybridized carbons (Fsp3) is 0.545. The number of aromatic amines is 1. The van der Waals surface area contributed by atoms with Crippen LogP contribution in [-0.4, -0.2) is 47.4 Å². The van der Waals surface area contributed by atoms with Crippen molar-refractivity contribution in [2.75, 3.05) is 26.3 Å². The monoisotopic (exact) mass is 417 g/mol. The molecule has 3 rings (SSSR count). The van der Waals surface area contributed by atoms with Crippen molar-refractivity contribution in [3.63, 3.8) is 0 Å². The zero-order chi connectivity index (χ0) is 20.8. The van der Waals surface area contributed by atoms with E-state index in [4.69, 9.17) is 21.7 Å². The SMILES string of the molecule is CCOc1ccc2[nH]c(=O)c(CN(C[C@@H]3CCCO3)C(=S)NCC(C)C)cc2c1. The maximum absolute atomic E-state index is 12.7. The average Bonchev–Trinajstić information content (AvgIpc) is 3.19. The van der Waals surface area contributed by atoms with Crippen LogP contribution >= 0.6 is 12.2 Å². The van der Waals surface area contributed by atoms with E-state index in [0.717, 1.165) is 42.6 Å². The number of nitrogens with one attached hydrogen (secondary N) is 2. The van der Waals surface area contributed by atoms with Gasteiger partial charge in [-0.25, -0.2) is 0 Å². The van der Waals surface area contributed by atoms with Gasteiger partial charge in [0.15, 0.2) is 5.11 Å². The minimum atomic E-state index is -0.0920. The molecule has 0 saturated carbocycles. The molecule has 1 aliphatic rings. The Morgan fingerprint density at radius 1 is 1.41 bits per heavy atom. The summed E-state index contributed by atoms with van der Waals surface area (Å²) in [6.07, 6.45) is 2.24. The molecule has 0 amide bonds. The van der Waals surface area contributed by atoms with Gasteiger partial charge >= 0.3 is 0 Å². The third-order valence-electron chi connectivity index (χ3n) is 4.96. The van der Waals surface area contributed by atoms with Crippen molar-refractivity contribution >= 4 is 28.2 Å². The number of hydrogen-bond donors (Lipinski definition) is 2. The fourth-order valence-electron chi connectivity index (χ4n) is 3.47. The van der Waals surface area contributed by atoms with E-state index < -0.39 is 0 Å². The maximum Gasteiger partial charge on any atom is 0.253 e. The lowest BCUT2D eigenvalue weighted by Crippen LogP contribution is -2.44. The van der Waals surface area contributed by atoms with Crippen LogP contribution in [0, 0.1) is 5.92 Å². The number of pyridine rings is 1. The van der Waals surface area contributed by atoms with Crippen LogP contribution in [0.5, 0.6) is 5.75 Å². The molecule has 2 heterocycles. The smallest absolute Gasteiger partial charge is 0.253 e. The largest absolute Gasteiger partial charge is 0.494 e. The first-order valence-electron chi connectivity index (χ1n) is 10.4. The van der Waals surface area contributed by atoms with E-state index in [1.807, 2.05) is 31.2 Å². The van der Waals surface area contributed by atoms with E-state index in [1.165, 1.54) is 0 Å². The van der Waals surface area contributed by atoms with Gasteiger partial charge in [-0.2, -0.15) is 0 Å². The Labute approximate surface area is 177 Å². The second-order valence-electron chi connectivity index (χ2n) is 7.90. The van der Waals surface area contributed by atoms with Crippen LogP contribution in [0.25, 0.3) is 10.9 Å². The number of ether oxygens (including phenoxy) is 2. The highest BCUT2D eigenvalue weighted by atomic mass is 32.1. The van der Waals surface area contributed by atoms with Gasteiger partial charge in [0.05, 0.1) is 19.3 Å². The third kappa shape index (κ3) is 5.93. The molecule has 0 radical (unpaired) electrons. The highest BCUT2D eigenvalue weighted by Gasteiger charge is 2.22. The minimum absolute atomic E-state index is 0.0920. The topological polar surface area (TPSA) is 66.6 Å². The molecule has 7 heteroatoms. The fourth-order valence-corrected chi connectivity index (χ4v) is 3.69. The van der Waals surface area contributed by atoms with E-state index in [0.29, 0.717) is 36.3 Å². The number of aromatic nitrogens is 1. The summed E-state index contributed by atoms with van der Waals surface area (Å²) in [6, 6.07) is 7.64. The van der Waals surface area contributed by atoms with Crippen LogP contribution in [0.4, 0.5) is 0 Å². The minimum Gasteiger partial charge on any atom is -0.494 e. The molecule has 0 spiro atoms. The Bertz CT molecular complexity index is 890. The van der Waals surface area contributed by atoms with Gasteiger partial charge in [0.2, 0.25) is 0 Å². The molecule has 1 atom stereocenters. The van der Waals surface area contributed by atoms with E-state index in [1.54, 1.807) is 0 Å². The van der Waals surface area contributed by atoms with E-state index in [9.17, 15) is 4.79 Å². The van der Waals surface area contributed by atoms with Crippen LogP contribution in [-0.2, 0) is 11.3 Å². The highest BCUT2D eigenvalue weighted by Crippen LogP contribution is 2.20. The quantitative estimate of drug-likeness (QED) is 0.642. The number of rotatable bonds is 8. The van der Waals surface area contributed by atoms with E-state index in [2.05, 4.69) is 29.0 Å². The highest BCUT2D eigenvalue weighted by molar-refractivity contribution is 7.80. The summed E-state index contributed by atoms with van der Waals surface area (Å²) in [5.41, 5.74) is 1.39. The standard InChI is InChI=1S/C22H31N3O3S/c1-4-27-18-7-8-20-16(11-18)10-17(21(26)24-20)13-25(14-19-6-5-9-28-19)22(29)23-12-15(2)3/h7-8,10-11,15,19H,4-6,9,12-14H2,1-3H3,(H,23,29)(H,24,26)/t19-/m0/s1. The van der Waals surface area contributed by atoms with Gasteiger partial charge in [-0.3, -0.25) is 4.79 Å². The number of thiocarbonyl (C=S) groups is 1. The molecule has 1 saturated heterocycles. The van der Waals surface area contributed by atoms with Gasteiger partial charge in [0, 0.05) is 36.2 Å². The zero-order valence-corrected chi connectivity index (χ0v) is 18.3. The summed E-state index contributed by atoms with van der Waals surface area (Å²) in [4.78, 5) is 17.7. The molecule has 1 fully saturated rings. The van der Waals surface area contributed by atoms with Gasteiger partial charge in [-0.1, -0.05) is 13.8 Å². The van der Waals surface area contributed by atoms with Crippen molar-refractivity contribution in [2.24, 2.45) is 5.92 Å². The Balaban J connectivity index is 1.84. The first-order chi connectivity index (χ1) is 14.0. The Kier molecular flexibility index (Phi) is 7.50. The normalized spacial score (nSPS) is 16.3. The second-order valence-corrected chi connectivity index (χ2v) is 8.29. The molecule has 0 unspecified atom stereocenters. The van der Waals surface area contributed by atoms with Crippen LogP contribution in [0.3, 0.4) is 0 Å². The van der Waals surface area contributed by atoms with Gasteiger partial charge in [-0.05, 0) is 62.2 Å². The molecule has 1 aromatic heterocycles. The van der Waals surface area contributed by atoms with Gasteiger partial charge in [-0.15, -0.1) is 0 Å². The van der Waals surface area contributed by atoms with Crippen molar-refractivity contribution in [3.05, 3.63) is 40.2 Å². The third-order valence-corrected chi connectivity index (χ3v) is 5.36.